The summed E-state index contributed by atoms with van der Waals surface area (Å²) in [5, 5.41) is 1.51. The molecule has 0 aliphatic rings. The highest BCUT2D eigenvalue weighted by Gasteiger charge is 2.21. The molecular weight excluding hydrogens is 269 g/mol. The Bertz CT molecular complexity index is 672. The first-order valence-corrected chi connectivity index (χ1v) is 5.77. The van der Waals surface area contributed by atoms with Gasteiger partial charge in [0.15, 0.2) is 0 Å². The van der Waals surface area contributed by atoms with Crippen LogP contribution in [0.3, 0.4) is 0 Å². The molecule has 0 aliphatic heterocycles. The number of carbonyl (C=O) groups excluding carboxylic acids is 1. The van der Waals surface area contributed by atoms with Gasteiger partial charge in [-0.3, -0.25) is 0 Å². The Kier molecular flexibility index (Phi) is 3.79. The number of carbonyl (C=O) groups is 1. The van der Waals surface area contributed by atoms with E-state index >= 15 is 0 Å². The van der Waals surface area contributed by atoms with Gasteiger partial charge in [-0.1, -0.05) is 24.3 Å². The zero-order valence-electron chi connectivity index (χ0n) is 10.6. The summed E-state index contributed by atoms with van der Waals surface area (Å²) in [6.07, 6.45) is -3.13. The smallest absolute Gasteiger partial charge is 0.409 e. The van der Waals surface area contributed by atoms with Crippen LogP contribution in [-0.4, -0.2) is 19.3 Å². The first-order chi connectivity index (χ1) is 9.39. The third-order valence-corrected chi connectivity index (χ3v) is 2.75. The average Bonchev–Trinajstić information content (AvgIpc) is 2.42. The van der Waals surface area contributed by atoms with Gasteiger partial charge in [0.05, 0.1) is 12.7 Å². The van der Waals surface area contributed by atoms with Gasteiger partial charge in [-0.05, 0) is 34.5 Å². The number of rotatable bonds is 2. The summed E-state index contributed by atoms with van der Waals surface area (Å²) in [5.74, 6) is -0.451. The second kappa shape index (κ2) is 5.36. The standard InChI is InChI=1S/C15H11F3O2/c1-20-14(19)13-5-4-11-8-10(2-3-12(11)9-13)6-7-15(16,17)18/h2-9H,1H3/b7-6+. The van der Waals surface area contributed by atoms with E-state index in [9.17, 15) is 18.0 Å². The molecule has 0 aliphatic carbocycles. The van der Waals surface area contributed by atoms with Gasteiger partial charge >= 0.3 is 12.1 Å². The molecule has 2 aromatic carbocycles. The monoisotopic (exact) mass is 280 g/mol. The largest absolute Gasteiger partial charge is 0.465 e. The zero-order valence-corrected chi connectivity index (χ0v) is 10.6. The second-order valence-corrected chi connectivity index (χ2v) is 4.19. The second-order valence-electron chi connectivity index (χ2n) is 4.19. The molecule has 0 bridgehead atoms. The van der Waals surface area contributed by atoms with Gasteiger partial charge in [-0.2, -0.15) is 13.2 Å². The van der Waals surface area contributed by atoms with Gasteiger partial charge in [-0.15, -0.1) is 0 Å². The predicted molar refractivity (Wildman–Crippen MR) is 70.4 cm³/mol. The Morgan fingerprint density at radius 3 is 2.40 bits per heavy atom. The lowest BCUT2D eigenvalue weighted by Gasteiger charge is -2.04. The Morgan fingerprint density at radius 1 is 1.10 bits per heavy atom. The number of esters is 1. The van der Waals surface area contributed by atoms with Crippen LogP contribution in [0.1, 0.15) is 15.9 Å². The Balaban J connectivity index is 2.37. The topological polar surface area (TPSA) is 26.3 Å². The number of alkyl halides is 3. The number of ether oxygens (including phenoxy) is 1. The first-order valence-electron chi connectivity index (χ1n) is 5.77. The minimum atomic E-state index is -4.33. The third kappa shape index (κ3) is 3.38. The molecule has 0 heterocycles. The quantitative estimate of drug-likeness (QED) is 0.770. The first kappa shape index (κ1) is 14.1. The molecule has 2 rings (SSSR count). The molecular formula is C15H11F3O2. The van der Waals surface area contributed by atoms with Crippen LogP contribution in [0.15, 0.2) is 42.5 Å². The lowest BCUT2D eigenvalue weighted by Crippen LogP contribution is -2.00. The Hall–Kier alpha value is -2.30. The van der Waals surface area contributed by atoms with E-state index < -0.39 is 12.1 Å². The number of benzene rings is 2. The molecule has 20 heavy (non-hydrogen) atoms. The van der Waals surface area contributed by atoms with Crippen LogP contribution < -0.4 is 0 Å². The Labute approximate surface area is 113 Å². The SMILES string of the molecule is COC(=O)c1ccc2cc(/C=C/C(F)(F)F)ccc2c1. The van der Waals surface area contributed by atoms with E-state index in [1.165, 1.54) is 7.11 Å². The van der Waals surface area contributed by atoms with E-state index in [4.69, 9.17) is 0 Å². The maximum absolute atomic E-state index is 12.1. The molecule has 0 N–H and O–H groups in total. The van der Waals surface area contributed by atoms with Crippen molar-refractivity contribution in [2.24, 2.45) is 0 Å². The summed E-state index contributed by atoms with van der Waals surface area (Å²) in [6, 6.07) is 9.73. The summed E-state index contributed by atoms with van der Waals surface area (Å²) in [4.78, 5) is 11.4. The normalized spacial score (nSPS) is 12.0. The average molecular weight is 280 g/mol. The van der Waals surface area contributed by atoms with Crippen molar-refractivity contribution < 1.29 is 22.7 Å². The van der Waals surface area contributed by atoms with E-state index in [-0.39, 0.29) is 6.08 Å². The lowest BCUT2D eigenvalue weighted by atomic mass is 10.0. The lowest BCUT2D eigenvalue weighted by molar-refractivity contribution is -0.0790. The van der Waals surface area contributed by atoms with Crippen molar-refractivity contribution in [3.8, 4) is 0 Å². The van der Waals surface area contributed by atoms with E-state index in [0.29, 0.717) is 11.1 Å². The van der Waals surface area contributed by atoms with Gasteiger partial charge in [0.25, 0.3) is 0 Å². The summed E-state index contributed by atoms with van der Waals surface area (Å²) in [7, 11) is 1.29. The third-order valence-electron chi connectivity index (χ3n) is 2.75. The van der Waals surface area contributed by atoms with Gasteiger partial charge in [0.2, 0.25) is 0 Å². The Morgan fingerprint density at radius 2 is 1.75 bits per heavy atom. The minimum absolute atomic E-state index is 0.191. The fourth-order valence-electron chi connectivity index (χ4n) is 1.80. The molecule has 0 unspecified atom stereocenters. The molecule has 0 fully saturated rings. The highest BCUT2D eigenvalue weighted by molar-refractivity contribution is 5.95. The van der Waals surface area contributed by atoms with E-state index in [0.717, 1.165) is 16.8 Å². The molecule has 0 radical (unpaired) electrons. The van der Waals surface area contributed by atoms with Crippen LogP contribution in [0.5, 0.6) is 0 Å². The molecule has 0 spiro atoms. The van der Waals surface area contributed by atoms with Crippen molar-refractivity contribution in [1.82, 2.24) is 0 Å². The maximum Gasteiger partial charge on any atom is 0.409 e. The number of fused-ring (bicyclic) bond motifs is 1. The van der Waals surface area contributed by atoms with Gasteiger partial charge < -0.3 is 4.74 Å². The van der Waals surface area contributed by atoms with Crippen LogP contribution in [0.25, 0.3) is 16.8 Å². The fraction of sp³-hybridized carbons (Fsp3) is 0.133. The van der Waals surface area contributed by atoms with Crippen LogP contribution in [-0.2, 0) is 4.74 Å². The van der Waals surface area contributed by atoms with Gasteiger partial charge in [-0.25, -0.2) is 4.79 Å². The van der Waals surface area contributed by atoms with E-state index in [2.05, 4.69) is 4.74 Å². The highest BCUT2D eigenvalue weighted by atomic mass is 19.4. The summed E-state index contributed by atoms with van der Waals surface area (Å²) in [6.45, 7) is 0. The van der Waals surface area contributed by atoms with E-state index in [1.54, 1.807) is 36.4 Å². The summed E-state index contributed by atoms with van der Waals surface area (Å²) >= 11 is 0. The predicted octanol–water partition coefficient (Wildman–Crippen LogP) is 4.20. The van der Waals surface area contributed by atoms with Crippen molar-refractivity contribution in [3.63, 3.8) is 0 Å². The van der Waals surface area contributed by atoms with Crippen LogP contribution in [0.2, 0.25) is 0 Å². The highest BCUT2D eigenvalue weighted by Crippen LogP contribution is 2.22. The number of allylic oxidation sites excluding steroid dienone is 1. The molecule has 0 saturated carbocycles. The van der Waals surface area contributed by atoms with Crippen LogP contribution >= 0.6 is 0 Å². The van der Waals surface area contributed by atoms with Crippen molar-refractivity contribution >= 4 is 22.8 Å². The number of hydrogen-bond acceptors (Lipinski definition) is 2. The molecule has 2 aromatic rings. The molecule has 0 aromatic heterocycles. The zero-order chi connectivity index (χ0) is 14.8. The molecule has 104 valence electrons. The molecule has 0 atom stereocenters. The van der Waals surface area contributed by atoms with Gasteiger partial charge in [0, 0.05) is 6.08 Å². The molecule has 0 saturated heterocycles. The van der Waals surface area contributed by atoms with E-state index in [1.807, 2.05) is 0 Å². The maximum atomic E-state index is 12.1. The number of hydrogen-bond donors (Lipinski definition) is 0. The number of halogens is 3. The van der Waals surface area contributed by atoms with Crippen LogP contribution in [0.4, 0.5) is 13.2 Å². The molecule has 0 amide bonds. The fourth-order valence-corrected chi connectivity index (χ4v) is 1.80. The van der Waals surface area contributed by atoms with Crippen molar-refractivity contribution in [2.45, 2.75) is 6.18 Å². The van der Waals surface area contributed by atoms with Crippen molar-refractivity contribution in [1.29, 1.82) is 0 Å². The summed E-state index contributed by atoms with van der Waals surface area (Å²) < 4.78 is 40.9. The number of methoxy groups -OCH3 is 1. The molecule has 5 heteroatoms. The van der Waals surface area contributed by atoms with Crippen molar-refractivity contribution in [3.05, 3.63) is 53.6 Å². The minimum Gasteiger partial charge on any atom is -0.465 e. The van der Waals surface area contributed by atoms with Crippen molar-refractivity contribution in [2.75, 3.05) is 7.11 Å². The summed E-state index contributed by atoms with van der Waals surface area (Å²) in [5.41, 5.74) is 0.847. The molecule has 2 nitrogen and oxygen atoms in total. The van der Waals surface area contributed by atoms with Gasteiger partial charge in [0.1, 0.15) is 0 Å². The van der Waals surface area contributed by atoms with Crippen LogP contribution in [0, 0.1) is 0 Å².